The predicted molar refractivity (Wildman–Crippen MR) is 69.7 cm³/mol. The molecule has 2 nitrogen and oxygen atoms in total. The van der Waals surface area contributed by atoms with Crippen LogP contribution < -0.4 is 5.32 Å². The fraction of sp³-hybridized carbons (Fsp3) is 1.00. The molecule has 0 aromatic rings. The van der Waals surface area contributed by atoms with Crippen LogP contribution in [0.2, 0.25) is 0 Å². The minimum absolute atomic E-state index is 0.0439. The third kappa shape index (κ3) is 2.43. The second-order valence-electron chi connectivity index (χ2n) is 6.61. The van der Waals surface area contributed by atoms with Gasteiger partial charge < -0.3 is 10.1 Å². The molecule has 2 heteroatoms. The van der Waals surface area contributed by atoms with Crippen LogP contribution in [-0.2, 0) is 4.74 Å². The third-order valence-electron chi connectivity index (χ3n) is 4.59. The molecule has 0 bridgehead atoms. The molecule has 0 aliphatic heterocycles. The second kappa shape index (κ2) is 4.66. The van der Waals surface area contributed by atoms with E-state index in [0.717, 1.165) is 12.3 Å². The molecule has 0 aromatic carbocycles. The van der Waals surface area contributed by atoms with E-state index in [1.165, 1.54) is 6.42 Å². The molecular formula is C14H29NO. The van der Waals surface area contributed by atoms with Gasteiger partial charge in [0, 0.05) is 24.6 Å². The molecule has 0 spiro atoms. The van der Waals surface area contributed by atoms with Crippen molar-refractivity contribution < 1.29 is 4.74 Å². The normalized spacial score (nSPS) is 34.9. The third-order valence-corrected chi connectivity index (χ3v) is 4.59. The number of hydrogen-bond acceptors (Lipinski definition) is 2. The van der Waals surface area contributed by atoms with Gasteiger partial charge in [-0.05, 0) is 32.6 Å². The Balaban J connectivity index is 2.48. The first kappa shape index (κ1) is 14.0. The molecule has 16 heavy (non-hydrogen) atoms. The van der Waals surface area contributed by atoms with Gasteiger partial charge in [-0.1, -0.05) is 27.7 Å². The number of hydrogen-bond donors (Lipinski definition) is 1. The molecule has 3 unspecified atom stereocenters. The quantitative estimate of drug-likeness (QED) is 0.778. The van der Waals surface area contributed by atoms with Gasteiger partial charge in [0.15, 0.2) is 0 Å². The zero-order chi connectivity index (χ0) is 12.6. The van der Waals surface area contributed by atoms with Gasteiger partial charge in [-0.2, -0.15) is 0 Å². The lowest BCUT2D eigenvalue weighted by atomic mass is 9.55. The molecule has 1 N–H and O–H groups in total. The van der Waals surface area contributed by atoms with E-state index in [0.29, 0.717) is 12.1 Å². The first-order chi connectivity index (χ1) is 7.23. The highest BCUT2D eigenvalue weighted by Crippen LogP contribution is 2.51. The molecule has 0 amide bonds. The molecular weight excluding hydrogens is 198 g/mol. The molecule has 1 rings (SSSR count). The van der Waals surface area contributed by atoms with Gasteiger partial charge in [0.1, 0.15) is 0 Å². The van der Waals surface area contributed by atoms with Gasteiger partial charge >= 0.3 is 0 Å². The van der Waals surface area contributed by atoms with Crippen LogP contribution in [0.25, 0.3) is 0 Å². The van der Waals surface area contributed by atoms with E-state index >= 15 is 0 Å². The first-order valence-electron chi connectivity index (χ1n) is 6.54. The van der Waals surface area contributed by atoms with Crippen LogP contribution in [0, 0.1) is 11.3 Å². The monoisotopic (exact) mass is 227 g/mol. The van der Waals surface area contributed by atoms with Crippen LogP contribution >= 0.6 is 0 Å². The summed E-state index contributed by atoms with van der Waals surface area (Å²) in [6, 6.07) is 1.19. The molecule has 0 heterocycles. The first-order valence-corrected chi connectivity index (χ1v) is 6.54. The van der Waals surface area contributed by atoms with Crippen LogP contribution in [-0.4, -0.2) is 24.8 Å². The van der Waals surface area contributed by atoms with Crippen LogP contribution in [0.1, 0.15) is 54.4 Å². The fourth-order valence-corrected chi connectivity index (χ4v) is 2.88. The van der Waals surface area contributed by atoms with E-state index in [4.69, 9.17) is 4.74 Å². The molecule has 1 fully saturated rings. The van der Waals surface area contributed by atoms with Gasteiger partial charge in [0.25, 0.3) is 0 Å². The molecule has 1 aliphatic carbocycles. The summed E-state index contributed by atoms with van der Waals surface area (Å²) in [5.41, 5.74) is 0.273. The Hall–Kier alpha value is -0.0800. The van der Waals surface area contributed by atoms with Crippen molar-refractivity contribution in [2.45, 2.75) is 72.1 Å². The van der Waals surface area contributed by atoms with Crippen molar-refractivity contribution >= 4 is 0 Å². The molecule has 3 atom stereocenters. The van der Waals surface area contributed by atoms with Crippen LogP contribution in [0.5, 0.6) is 0 Å². The minimum atomic E-state index is 0.0439. The van der Waals surface area contributed by atoms with Gasteiger partial charge in [0.05, 0.1) is 5.60 Å². The van der Waals surface area contributed by atoms with E-state index in [9.17, 15) is 0 Å². The summed E-state index contributed by atoms with van der Waals surface area (Å²) in [6.45, 7) is 13.7. The van der Waals surface area contributed by atoms with Gasteiger partial charge in [0.2, 0.25) is 0 Å². The maximum atomic E-state index is 5.64. The van der Waals surface area contributed by atoms with E-state index < -0.39 is 0 Å². The van der Waals surface area contributed by atoms with Crippen molar-refractivity contribution in [3.63, 3.8) is 0 Å². The largest absolute Gasteiger partial charge is 0.378 e. The highest BCUT2D eigenvalue weighted by molar-refractivity contribution is 5.11. The molecule has 0 aromatic heterocycles. The summed E-state index contributed by atoms with van der Waals surface area (Å²) >= 11 is 0. The van der Waals surface area contributed by atoms with Gasteiger partial charge in [-0.15, -0.1) is 0 Å². The molecule has 0 saturated heterocycles. The van der Waals surface area contributed by atoms with Crippen molar-refractivity contribution in [2.24, 2.45) is 11.3 Å². The molecule has 0 radical (unpaired) electrons. The van der Waals surface area contributed by atoms with E-state index in [2.05, 4.69) is 46.9 Å². The topological polar surface area (TPSA) is 21.3 Å². The lowest BCUT2D eigenvalue weighted by molar-refractivity contribution is -0.182. The zero-order valence-corrected chi connectivity index (χ0v) is 12.1. The average Bonchev–Trinajstić information content (AvgIpc) is 2.15. The molecule has 1 aliphatic rings. The van der Waals surface area contributed by atoms with E-state index in [1.54, 1.807) is 0 Å². The lowest BCUT2D eigenvalue weighted by Crippen LogP contribution is -2.68. The zero-order valence-electron chi connectivity index (χ0n) is 12.1. The van der Waals surface area contributed by atoms with Crippen molar-refractivity contribution in [2.75, 3.05) is 7.11 Å². The summed E-state index contributed by atoms with van der Waals surface area (Å²) in [4.78, 5) is 0. The van der Waals surface area contributed by atoms with Crippen molar-refractivity contribution in [1.82, 2.24) is 5.32 Å². The van der Waals surface area contributed by atoms with Crippen molar-refractivity contribution in [3.8, 4) is 0 Å². The highest BCUT2D eigenvalue weighted by atomic mass is 16.5. The van der Waals surface area contributed by atoms with Crippen LogP contribution in [0.15, 0.2) is 0 Å². The van der Waals surface area contributed by atoms with E-state index in [1.807, 2.05) is 7.11 Å². The number of ether oxygens (including phenoxy) is 1. The van der Waals surface area contributed by atoms with Crippen molar-refractivity contribution in [1.29, 1.82) is 0 Å². The number of nitrogens with one attached hydrogen (secondary N) is 1. The Bertz CT molecular complexity index is 237. The Labute approximate surface area is 101 Å². The lowest BCUT2D eigenvalue weighted by Gasteiger charge is -2.60. The van der Waals surface area contributed by atoms with Gasteiger partial charge in [-0.3, -0.25) is 0 Å². The highest BCUT2D eigenvalue weighted by Gasteiger charge is 2.57. The standard InChI is InChI=1S/C14H29NO/c1-10(2)8-11(3)15-12-9-14(6,16-7)13(12,4)5/h10-12,15H,8-9H2,1-7H3. The maximum absolute atomic E-state index is 5.64. The smallest absolute Gasteiger partial charge is 0.0731 e. The minimum Gasteiger partial charge on any atom is -0.378 e. The van der Waals surface area contributed by atoms with Crippen molar-refractivity contribution in [3.05, 3.63) is 0 Å². The molecule has 96 valence electrons. The average molecular weight is 227 g/mol. The SMILES string of the molecule is COC1(C)CC(NC(C)CC(C)C)C1(C)C. The summed E-state index contributed by atoms with van der Waals surface area (Å²) in [5.74, 6) is 0.763. The summed E-state index contributed by atoms with van der Waals surface area (Å²) in [7, 11) is 1.83. The fourth-order valence-electron chi connectivity index (χ4n) is 2.88. The second-order valence-corrected chi connectivity index (χ2v) is 6.61. The Morgan fingerprint density at radius 3 is 2.19 bits per heavy atom. The molecule has 1 saturated carbocycles. The van der Waals surface area contributed by atoms with Crippen LogP contribution in [0.4, 0.5) is 0 Å². The number of rotatable bonds is 5. The van der Waals surface area contributed by atoms with Crippen LogP contribution in [0.3, 0.4) is 0 Å². The predicted octanol–water partition coefficient (Wildman–Crippen LogP) is 3.21. The maximum Gasteiger partial charge on any atom is 0.0731 e. The number of methoxy groups -OCH3 is 1. The van der Waals surface area contributed by atoms with E-state index in [-0.39, 0.29) is 11.0 Å². The Kier molecular flexibility index (Phi) is 4.07. The summed E-state index contributed by atoms with van der Waals surface area (Å²) in [6.07, 6.45) is 2.37. The Morgan fingerprint density at radius 1 is 1.25 bits per heavy atom. The summed E-state index contributed by atoms with van der Waals surface area (Å²) in [5, 5.41) is 3.75. The summed E-state index contributed by atoms with van der Waals surface area (Å²) < 4.78 is 5.64. The van der Waals surface area contributed by atoms with Gasteiger partial charge in [-0.25, -0.2) is 0 Å². The Morgan fingerprint density at radius 2 is 1.81 bits per heavy atom.